The molecule has 4 nitrogen and oxygen atoms in total. The van der Waals surface area contributed by atoms with E-state index in [-0.39, 0.29) is 0 Å². The van der Waals surface area contributed by atoms with Crippen molar-refractivity contribution in [2.45, 2.75) is 32.2 Å². The molecule has 1 atom stereocenters. The summed E-state index contributed by atoms with van der Waals surface area (Å²) in [5.41, 5.74) is 2.24. The molecule has 1 N–H and O–H groups in total. The Balaban J connectivity index is 1.88. The zero-order valence-corrected chi connectivity index (χ0v) is 11.3. The topological polar surface area (TPSA) is 42.7 Å². The second-order valence-corrected chi connectivity index (χ2v) is 5.20. The van der Waals surface area contributed by atoms with Crippen molar-refractivity contribution >= 4 is 0 Å². The summed E-state index contributed by atoms with van der Waals surface area (Å²) >= 11 is 0. The van der Waals surface area contributed by atoms with Gasteiger partial charge in [-0.1, -0.05) is 43.2 Å². The first-order chi connectivity index (χ1) is 9.38. The monoisotopic (exact) mass is 256 g/mol. The molecular formula is C15H20N4. The van der Waals surface area contributed by atoms with E-state index in [1.54, 1.807) is 0 Å². The highest BCUT2D eigenvalue weighted by Gasteiger charge is 2.28. The predicted octanol–water partition coefficient (Wildman–Crippen LogP) is 2.72. The lowest BCUT2D eigenvalue weighted by molar-refractivity contribution is 0.466. The smallest absolute Gasteiger partial charge is 0.0815 e. The van der Waals surface area contributed by atoms with Crippen molar-refractivity contribution in [3.63, 3.8) is 0 Å². The second-order valence-electron chi connectivity index (χ2n) is 5.20. The molecule has 0 spiro atoms. The van der Waals surface area contributed by atoms with Crippen molar-refractivity contribution in [3.05, 3.63) is 42.2 Å². The predicted molar refractivity (Wildman–Crippen MR) is 75.1 cm³/mol. The third-order valence-electron chi connectivity index (χ3n) is 3.65. The van der Waals surface area contributed by atoms with Crippen LogP contribution in [0.2, 0.25) is 0 Å². The van der Waals surface area contributed by atoms with E-state index in [0.717, 1.165) is 18.2 Å². The van der Waals surface area contributed by atoms with Crippen molar-refractivity contribution in [3.8, 4) is 5.69 Å². The Morgan fingerprint density at radius 3 is 2.79 bits per heavy atom. The van der Waals surface area contributed by atoms with Crippen LogP contribution in [0.15, 0.2) is 36.5 Å². The van der Waals surface area contributed by atoms with Gasteiger partial charge < -0.3 is 5.32 Å². The molecule has 0 aliphatic heterocycles. The van der Waals surface area contributed by atoms with E-state index in [9.17, 15) is 0 Å². The molecule has 1 fully saturated rings. The standard InChI is InChI=1S/C15H20N4/c1-2-16-14(10-12-8-9-12)15-11-17-18-19(15)13-6-4-3-5-7-13/h3-7,11-12,14,16H,2,8-10H2,1H3. The number of hydrogen-bond donors (Lipinski definition) is 1. The maximum atomic E-state index is 4.24. The Labute approximate surface area is 113 Å². The molecule has 1 aromatic heterocycles. The second kappa shape index (κ2) is 5.53. The van der Waals surface area contributed by atoms with Crippen LogP contribution in [0.4, 0.5) is 0 Å². The molecule has 1 heterocycles. The normalized spacial score (nSPS) is 16.5. The summed E-state index contributed by atoms with van der Waals surface area (Å²) in [4.78, 5) is 0. The molecule has 0 bridgehead atoms. The van der Waals surface area contributed by atoms with Gasteiger partial charge in [0.15, 0.2) is 0 Å². The van der Waals surface area contributed by atoms with Crippen LogP contribution < -0.4 is 5.32 Å². The van der Waals surface area contributed by atoms with Crippen LogP contribution in [0.25, 0.3) is 5.69 Å². The van der Waals surface area contributed by atoms with Crippen molar-refractivity contribution in [1.82, 2.24) is 20.3 Å². The summed E-state index contributed by atoms with van der Waals surface area (Å²) in [6.07, 6.45) is 5.82. The highest BCUT2D eigenvalue weighted by Crippen LogP contribution is 2.37. The Hall–Kier alpha value is -1.68. The Bertz CT molecular complexity index is 516. The van der Waals surface area contributed by atoms with Crippen LogP contribution in [0.5, 0.6) is 0 Å². The number of aromatic nitrogens is 3. The average Bonchev–Trinajstić information content (AvgIpc) is 3.13. The molecule has 0 radical (unpaired) electrons. The molecule has 0 saturated heterocycles. The van der Waals surface area contributed by atoms with Gasteiger partial charge in [-0.05, 0) is 31.0 Å². The first kappa shape index (κ1) is 12.4. The molecule has 2 aromatic rings. The number of para-hydroxylation sites is 1. The third kappa shape index (κ3) is 2.84. The van der Waals surface area contributed by atoms with Crippen molar-refractivity contribution in [2.24, 2.45) is 5.92 Å². The lowest BCUT2D eigenvalue weighted by Gasteiger charge is -2.18. The van der Waals surface area contributed by atoms with Crippen molar-refractivity contribution in [1.29, 1.82) is 0 Å². The quantitative estimate of drug-likeness (QED) is 0.864. The van der Waals surface area contributed by atoms with E-state index in [0.29, 0.717) is 6.04 Å². The zero-order valence-electron chi connectivity index (χ0n) is 11.3. The molecule has 0 amide bonds. The highest BCUT2D eigenvalue weighted by molar-refractivity contribution is 5.32. The molecular weight excluding hydrogens is 236 g/mol. The van der Waals surface area contributed by atoms with E-state index < -0.39 is 0 Å². The zero-order chi connectivity index (χ0) is 13.1. The third-order valence-corrected chi connectivity index (χ3v) is 3.65. The fourth-order valence-electron chi connectivity index (χ4n) is 2.49. The Kier molecular flexibility index (Phi) is 3.60. The number of hydrogen-bond acceptors (Lipinski definition) is 3. The van der Waals surface area contributed by atoms with Crippen LogP contribution in [-0.4, -0.2) is 21.5 Å². The number of benzene rings is 1. The summed E-state index contributed by atoms with van der Waals surface area (Å²) in [6, 6.07) is 10.6. The molecule has 1 aliphatic rings. The minimum Gasteiger partial charge on any atom is -0.309 e. The molecule has 3 rings (SSSR count). The van der Waals surface area contributed by atoms with Crippen LogP contribution in [0.3, 0.4) is 0 Å². The summed E-state index contributed by atoms with van der Waals surface area (Å²) < 4.78 is 1.95. The summed E-state index contributed by atoms with van der Waals surface area (Å²) in [5.74, 6) is 0.878. The maximum absolute atomic E-state index is 4.24. The van der Waals surface area contributed by atoms with Gasteiger partial charge in [0.25, 0.3) is 0 Å². The lowest BCUT2D eigenvalue weighted by atomic mass is 10.1. The fourth-order valence-corrected chi connectivity index (χ4v) is 2.49. The SMILES string of the molecule is CCNC(CC1CC1)c1cnnn1-c1ccccc1. The molecule has 1 saturated carbocycles. The molecule has 1 unspecified atom stereocenters. The maximum Gasteiger partial charge on any atom is 0.0815 e. The van der Waals surface area contributed by atoms with Crippen LogP contribution in [0.1, 0.15) is 37.9 Å². The van der Waals surface area contributed by atoms with Gasteiger partial charge in [0, 0.05) is 0 Å². The van der Waals surface area contributed by atoms with Gasteiger partial charge >= 0.3 is 0 Å². The van der Waals surface area contributed by atoms with Gasteiger partial charge in [0.05, 0.1) is 23.6 Å². The molecule has 100 valence electrons. The van der Waals surface area contributed by atoms with Crippen molar-refractivity contribution in [2.75, 3.05) is 6.54 Å². The minimum absolute atomic E-state index is 0.354. The van der Waals surface area contributed by atoms with Crippen molar-refractivity contribution < 1.29 is 0 Å². The molecule has 1 aromatic carbocycles. The summed E-state index contributed by atoms with van der Waals surface area (Å²) in [6.45, 7) is 3.12. The van der Waals surface area contributed by atoms with Crippen LogP contribution in [-0.2, 0) is 0 Å². The van der Waals surface area contributed by atoms with E-state index in [2.05, 4.69) is 34.7 Å². The fraction of sp³-hybridized carbons (Fsp3) is 0.467. The first-order valence-corrected chi connectivity index (χ1v) is 7.08. The largest absolute Gasteiger partial charge is 0.309 e. The van der Waals surface area contributed by atoms with E-state index >= 15 is 0 Å². The van der Waals surface area contributed by atoms with Gasteiger partial charge in [-0.2, -0.15) is 0 Å². The van der Waals surface area contributed by atoms with E-state index in [4.69, 9.17) is 0 Å². The molecule has 1 aliphatic carbocycles. The van der Waals surface area contributed by atoms with Gasteiger partial charge in [0.2, 0.25) is 0 Å². The van der Waals surface area contributed by atoms with E-state index in [1.165, 1.54) is 25.0 Å². The Morgan fingerprint density at radius 1 is 1.32 bits per heavy atom. The Morgan fingerprint density at radius 2 is 2.11 bits per heavy atom. The van der Waals surface area contributed by atoms with Crippen LogP contribution in [0, 0.1) is 5.92 Å². The van der Waals surface area contributed by atoms with Gasteiger partial charge in [-0.3, -0.25) is 0 Å². The average molecular weight is 256 g/mol. The lowest BCUT2D eigenvalue weighted by Crippen LogP contribution is -2.24. The first-order valence-electron chi connectivity index (χ1n) is 7.08. The molecule has 4 heteroatoms. The summed E-state index contributed by atoms with van der Waals surface area (Å²) in [5, 5.41) is 11.9. The summed E-state index contributed by atoms with van der Waals surface area (Å²) in [7, 11) is 0. The number of nitrogens with zero attached hydrogens (tertiary/aromatic N) is 3. The molecule has 19 heavy (non-hydrogen) atoms. The van der Waals surface area contributed by atoms with E-state index in [1.807, 2.05) is 29.1 Å². The van der Waals surface area contributed by atoms with Crippen LogP contribution >= 0.6 is 0 Å². The van der Waals surface area contributed by atoms with Gasteiger partial charge in [0.1, 0.15) is 0 Å². The number of nitrogens with one attached hydrogen (secondary N) is 1. The van der Waals surface area contributed by atoms with Gasteiger partial charge in [-0.15, -0.1) is 5.10 Å². The highest BCUT2D eigenvalue weighted by atomic mass is 15.4. The minimum atomic E-state index is 0.354. The van der Waals surface area contributed by atoms with Gasteiger partial charge in [-0.25, -0.2) is 4.68 Å². The number of rotatable bonds is 6.